The first kappa shape index (κ1) is 14.7. The summed E-state index contributed by atoms with van der Waals surface area (Å²) in [6.45, 7) is 2.77. The van der Waals surface area contributed by atoms with Crippen molar-refractivity contribution in [3.05, 3.63) is 16.1 Å². The lowest BCUT2D eigenvalue weighted by Crippen LogP contribution is -2.18. The van der Waals surface area contributed by atoms with Gasteiger partial charge in [0.25, 0.3) is 0 Å². The van der Waals surface area contributed by atoms with Crippen molar-refractivity contribution >= 4 is 34.8 Å². The van der Waals surface area contributed by atoms with Gasteiger partial charge in [-0.05, 0) is 32.3 Å². The molecule has 6 heteroatoms. The highest BCUT2D eigenvalue weighted by Crippen LogP contribution is 2.32. The van der Waals surface area contributed by atoms with Gasteiger partial charge >= 0.3 is 0 Å². The van der Waals surface area contributed by atoms with E-state index in [-0.39, 0.29) is 0 Å². The zero-order valence-electron chi connectivity index (χ0n) is 11.2. The fourth-order valence-corrected chi connectivity index (χ4v) is 2.82. The molecule has 0 aliphatic heterocycles. The van der Waals surface area contributed by atoms with Gasteiger partial charge in [-0.1, -0.05) is 23.2 Å². The average molecular weight is 304 g/mol. The minimum Gasteiger partial charge on any atom is -0.381 e. The Morgan fingerprint density at radius 1 is 1.32 bits per heavy atom. The first-order valence-electron chi connectivity index (χ1n) is 6.53. The molecular formula is C13H19Cl2N3O. The second-order valence-electron chi connectivity index (χ2n) is 4.69. The van der Waals surface area contributed by atoms with E-state index >= 15 is 0 Å². The number of hydrogen-bond donors (Lipinski definition) is 2. The summed E-state index contributed by atoms with van der Waals surface area (Å²) in [6.07, 6.45) is 3.44. The molecule has 0 aromatic carbocycles. The Bertz CT molecular complexity index is 442. The summed E-state index contributed by atoms with van der Waals surface area (Å²) in [7, 11) is 1.75. The van der Waals surface area contributed by atoms with Gasteiger partial charge in [-0.15, -0.1) is 0 Å². The summed E-state index contributed by atoms with van der Waals surface area (Å²) in [6, 6.07) is 2.07. The highest BCUT2D eigenvalue weighted by Gasteiger charge is 2.25. The van der Waals surface area contributed by atoms with Crippen LogP contribution in [0.4, 0.5) is 11.6 Å². The third kappa shape index (κ3) is 3.65. The van der Waals surface area contributed by atoms with Gasteiger partial charge in [0.2, 0.25) is 0 Å². The molecule has 1 aromatic heterocycles. The maximum Gasteiger partial charge on any atom is 0.147 e. The quantitative estimate of drug-likeness (QED) is 0.868. The zero-order valence-corrected chi connectivity index (χ0v) is 12.7. The molecular weight excluding hydrogens is 285 g/mol. The van der Waals surface area contributed by atoms with E-state index in [1.807, 2.05) is 6.92 Å². The summed E-state index contributed by atoms with van der Waals surface area (Å²) in [5.41, 5.74) is 0. The van der Waals surface area contributed by atoms with E-state index in [4.69, 9.17) is 27.9 Å². The number of halogens is 2. The molecule has 1 aliphatic rings. The van der Waals surface area contributed by atoms with Crippen molar-refractivity contribution in [3.8, 4) is 0 Å². The van der Waals surface area contributed by atoms with E-state index < -0.39 is 0 Å². The lowest BCUT2D eigenvalue weighted by Gasteiger charge is -2.16. The zero-order chi connectivity index (χ0) is 13.8. The molecule has 1 saturated carbocycles. The van der Waals surface area contributed by atoms with E-state index in [9.17, 15) is 0 Å². The molecule has 2 N–H and O–H groups in total. The lowest BCUT2D eigenvalue weighted by molar-refractivity contribution is 0.108. The van der Waals surface area contributed by atoms with Crippen molar-refractivity contribution in [2.24, 2.45) is 0 Å². The Morgan fingerprint density at radius 2 is 2.05 bits per heavy atom. The Kier molecular flexibility index (Phi) is 5.13. The van der Waals surface area contributed by atoms with Crippen LogP contribution >= 0.6 is 23.2 Å². The number of aromatic nitrogens is 1. The first-order valence-corrected chi connectivity index (χ1v) is 7.28. The SMILES string of the molecule is CCNc1nc(NC2CCC(OC)C2)c(Cl)cc1Cl. The molecule has 106 valence electrons. The summed E-state index contributed by atoms with van der Waals surface area (Å²) in [4.78, 5) is 4.45. The molecule has 4 nitrogen and oxygen atoms in total. The molecule has 19 heavy (non-hydrogen) atoms. The van der Waals surface area contributed by atoms with Crippen LogP contribution in [0.25, 0.3) is 0 Å². The fourth-order valence-electron chi connectivity index (χ4n) is 2.34. The van der Waals surface area contributed by atoms with Crippen LogP contribution in [-0.4, -0.2) is 30.8 Å². The van der Waals surface area contributed by atoms with Crippen LogP contribution in [0.3, 0.4) is 0 Å². The average Bonchev–Trinajstić information content (AvgIpc) is 2.83. The van der Waals surface area contributed by atoms with E-state index in [1.54, 1.807) is 13.2 Å². The van der Waals surface area contributed by atoms with Crippen LogP contribution < -0.4 is 10.6 Å². The third-order valence-corrected chi connectivity index (χ3v) is 3.91. The van der Waals surface area contributed by atoms with E-state index in [0.29, 0.717) is 33.8 Å². The van der Waals surface area contributed by atoms with Crippen LogP contribution in [0, 0.1) is 0 Å². The smallest absolute Gasteiger partial charge is 0.147 e. The molecule has 0 radical (unpaired) electrons. The minimum absolute atomic E-state index is 0.330. The van der Waals surface area contributed by atoms with Crippen molar-refractivity contribution in [1.29, 1.82) is 0 Å². The predicted octanol–water partition coefficient (Wildman–Crippen LogP) is 3.80. The normalized spacial score (nSPS) is 22.5. The summed E-state index contributed by atoms with van der Waals surface area (Å²) >= 11 is 12.3. The molecule has 1 heterocycles. The molecule has 0 spiro atoms. The largest absolute Gasteiger partial charge is 0.381 e. The molecule has 1 aliphatic carbocycles. The standard InChI is InChI=1S/C13H19Cl2N3O/c1-3-16-12-10(14)7-11(15)13(18-12)17-8-4-5-9(6-8)19-2/h7-9H,3-6H2,1-2H3,(H2,16,17,18). The van der Waals surface area contributed by atoms with Gasteiger partial charge < -0.3 is 15.4 Å². The number of ether oxygens (including phenoxy) is 1. The number of rotatable bonds is 5. The van der Waals surface area contributed by atoms with Gasteiger partial charge in [-0.25, -0.2) is 4.98 Å². The fraction of sp³-hybridized carbons (Fsp3) is 0.615. The monoisotopic (exact) mass is 303 g/mol. The van der Waals surface area contributed by atoms with Gasteiger partial charge in [0, 0.05) is 19.7 Å². The number of methoxy groups -OCH3 is 1. The Balaban J connectivity index is 2.09. The third-order valence-electron chi connectivity index (χ3n) is 3.33. The van der Waals surface area contributed by atoms with Crippen LogP contribution in [0.15, 0.2) is 6.07 Å². The molecule has 0 saturated heterocycles. The number of nitrogens with one attached hydrogen (secondary N) is 2. The molecule has 0 amide bonds. The lowest BCUT2D eigenvalue weighted by atomic mass is 10.2. The van der Waals surface area contributed by atoms with Gasteiger partial charge in [0.15, 0.2) is 0 Å². The molecule has 2 rings (SSSR count). The molecule has 1 fully saturated rings. The maximum absolute atomic E-state index is 6.18. The predicted molar refractivity (Wildman–Crippen MR) is 80.5 cm³/mol. The van der Waals surface area contributed by atoms with E-state index in [0.717, 1.165) is 25.8 Å². The number of pyridine rings is 1. The molecule has 2 atom stereocenters. The van der Waals surface area contributed by atoms with Crippen LogP contribution in [0.5, 0.6) is 0 Å². The highest BCUT2D eigenvalue weighted by atomic mass is 35.5. The van der Waals surface area contributed by atoms with Crippen molar-refractivity contribution in [2.45, 2.75) is 38.3 Å². The topological polar surface area (TPSA) is 46.2 Å². The molecule has 1 aromatic rings. The van der Waals surface area contributed by atoms with E-state index in [1.165, 1.54) is 0 Å². The van der Waals surface area contributed by atoms with Crippen LogP contribution in [-0.2, 0) is 4.74 Å². The van der Waals surface area contributed by atoms with Gasteiger partial charge in [-0.3, -0.25) is 0 Å². The second kappa shape index (κ2) is 6.64. The number of nitrogens with zero attached hydrogens (tertiary/aromatic N) is 1. The van der Waals surface area contributed by atoms with Gasteiger partial charge in [0.1, 0.15) is 11.6 Å². The Morgan fingerprint density at radius 3 is 2.68 bits per heavy atom. The second-order valence-corrected chi connectivity index (χ2v) is 5.51. The number of anilines is 2. The summed E-state index contributed by atoms with van der Waals surface area (Å²) in [5, 5.41) is 7.59. The van der Waals surface area contributed by atoms with Crippen molar-refractivity contribution in [2.75, 3.05) is 24.3 Å². The Labute approximate surface area is 123 Å². The highest BCUT2D eigenvalue weighted by molar-refractivity contribution is 6.37. The number of hydrogen-bond acceptors (Lipinski definition) is 4. The van der Waals surface area contributed by atoms with Crippen molar-refractivity contribution in [1.82, 2.24) is 4.98 Å². The molecule has 0 bridgehead atoms. The Hall–Kier alpha value is -0.710. The van der Waals surface area contributed by atoms with Gasteiger partial charge in [0.05, 0.1) is 16.1 Å². The molecule has 2 unspecified atom stereocenters. The van der Waals surface area contributed by atoms with Gasteiger partial charge in [-0.2, -0.15) is 0 Å². The maximum atomic E-state index is 6.18. The van der Waals surface area contributed by atoms with Crippen molar-refractivity contribution < 1.29 is 4.74 Å². The minimum atomic E-state index is 0.330. The van der Waals surface area contributed by atoms with Crippen molar-refractivity contribution in [3.63, 3.8) is 0 Å². The summed E-state index contributed by atoms with van der Waals surface area (Å²) < 4.78 is 5.36. The first-order chi connectivity index (χ1) is 9.13. The van der Waals surface area contributed by atoms with Crippen LogP contribution in [0.2, 0.25) is 10.0 Å². The van der Waals surface area contributed by atoms with E-state index in [2.05, 4.69) is 15.6 Å². The summed E-state index contributed by atoms with van der Waals surface area (Å²) in [5.74, 6) is 1.35. The van der Waals surface area contributed by atoms with Crippen LogP contribution in [0.1, 0.15) is 26.2 Å².